The standard InChI is InChI=1S/C13H21N3O3/c1-10-9-11(2)16(14-10)8-5-12(17)15(3)7-6-13(18)19-4/h9H,5-8H2,1-4H3. The summed E-state index contributed by atoms with van der Waals surface area (Å²) in [4.78, 5) is 24.4. The molecule has 0 fully saturated rings. The van der Waals surface area contributed by atoms with E-state index in [0.29, 0.717) is 19.5 Å². The topological polar surface area (TPSA) is 64.4 Å². The van der Waals surface area contributed by atoms with Gasteiger partial charge in [0.25, 0.3) is 0 Å². The molecule has 0 saturated heterocycles. The molecule has 106 valence electrons. The first kappa shape index (κ1) is 15.2. The summed E-state index contributed by atoms with van der Waals surface area (Å²) in [7, 11) is 3.03. The highest BCUT2D eigenvalue weighted by Crippen LogP contribution is 2.04. The first-order valence-electron chi connectivity index (χ1n) is 6.26. The van der Waals surface area contributed by atoms with E-state index in [9.17, 15) is 9.59 Å². The minimum absolute atomic E-state index is 0.00328. The molecule has 0 N–H and O–H groups in total. The highest BCUT2D eigenvalue weighted by molar-refractivity contribution is 5.76. The van der Waals surface area contributed by atoms with Crippen molar-refractivity contribution in [2.75, 3.05) is 20.7 Å². The fourth-order valence-corrected chi connectivity index (χ4v) is 1.78. The smallest absolute Gasteiger partial charge is 0.307 e. The number of carbonyl (C=O) groups excluding carboxylic acids is 2. The van der Waals surface area contributed by atoms with E-state index in [0.717, 1.165) is 11.4 Å². The Labute approximate surface area is 113 Å². The highest BCUT2D eigenvalue weighted by atomic mass is 16.5. The van der Waals surface area contributed by atoms with Crippen molar-refractivity contribution in [3.63, 3.8) is 0 Å². The molecule has 0 aliphatic heterocycles. The van der Waals surface area contributed by atoms with Gasteiger partial charge in [0.05, 0.1) is 19.2 Å². The third-order valence-electron chi connectivity index (χ3n) is 2.95. The number of aryl methyl sites for hydroxylation is 3. The van der Waals surface area contributed by atoms with Crippen LogP contribution >= 0.6 is 0 Å². The molecule has 0 bridgehead atoms. The summed E-state index contributed by atoms with van der Waals surface area (Å²) in [5.41, 5.74) is 1.99. The highest BCUT2D eigenvalue weighted by Gasteiger charge is 2.11. The lowest BCUT2D eigenvalue weighted by Crippen LogP contribution is -2.30. The number of carbonyl (C=O) groups is 2. The molecule has 0 saturated carbocycles. The van der Waals surface area contributed by atoms with E-state index in [1.807, 2.05) is 24.6 Å². The number of hydrogen-bond donors (Lipinski definition) is 0. The maximum atomic E-state index is 11.9. The third-order valence-corrected chi connectivity index (χ3v) is 2.95. The van der Waals surface area contributed by atoms with Crippen molar-refractivity contribution in [2.24, 2.45) is 0 Å². The van der Waals surface area contributed by atoms with Crippen molar-refractivity contribution in [1.82, 2.24) is 14.7 Å². The van der Waals surface area contributed by atoms with E-state index in [1.165, 1.54) is 7.11 Å². The van der Waals surface area contributed by atoms with Crippen LogP contribution in [0.5, 0.6) is 0 Å². The number of methoxy groups -OCH3 is 1. The summed E-state index contributed by atoms with van der Waals surface area (Å²) in [6.07, 6.45) is 0.596. The van der Waals surface area contributed by atoms with E-state index < -0.39 is 0 Å². The molecule has 1 heterocycles. The lowest BCUT2D eigenvalue weighted by molar-refractivity contribution is -0.141. The van der Waals surface area contributed by atoms with Crippen molar-refractivity contribution in [3.8, 4) is 0 Å². The molecule has 6 heteroatoms. The summed E-state index contributed by atoms with van der Waals surface area (Å²) in [6, 6.07) is 1.98. The Hall–Kier alpha value is -1.85. The van der Waals surface area contributed by atoms with Crippen LogP contribution in [0.4, 0.5) is 0 Å². The second-order valence-corrected chi connectivity index (χ2v) is 4.54. The Bertz CT molecular complexity index is 454. The first-order valence-corrected chi connectivity index (χ1v) is 6.26. The van der Waals surface area contributed by atoms with Gasteiger partial charge in [0.1, 0.15) is 0 Å². The third kappa shape index (κ3) is 4.73. The van der Waals surface area contributed by atoms with Crippen molar-refractivity contribution in [3.05, 3.63) is 17.5 Å². The molecule has 0 unspecified atom stereocenters. The Morgan fingerprint density at radius 3 is 2.58 bits per heavy atom. The van der Waals surface area contributed by atoms with Crippen LogP contribution in [-0.4, -0.2) is 47.3 Å². The molecule has 0 aliphatic rings. The van der Waals surface area contributed by atoms with Crippen molar-refractivity contribution in [2.45, 2.75) is 33.2 Å². The summed E-state index contributed by atoms with van der Waals surface area (Å²) >= 11 is 0. The van der Waals surface area contributed by atoms with Gasteiger partial charge in [-0.3, -0.25) is 14.3 Å². The van der Waals surface area contributed by atoms with Crippen molar-refractivity contribution < 1.29 is 14.3 Å². The number of rotatable bonds is 6. The molecule has 6 nitrogen and oxygen atoms in total. The van der Waals surface area contributed by atoms with Gasteiger partial charge >= 0.3 is 5.97 Å². The van der Waals surface area contributed by atoms with Gasteiger partial charge in [-0.1, -0.05) is 0 Å². The van der Waals surface area contributed by atoms with Crippen LogP contribution in [0, 0.1) is 13.8 Å². The maximum Gasteiger partial charge on any atom is 0.307 e. The quantitative estimate of drug-likeness (QED) is 0.719. The second kappa shape index (κ2) is 6.92. The normalized spacial score (nSPS) is 10.3. The summed E-state index contributed by atoms with van der Waals surface area (Å²) in [5.74, 6) is -0.311. The molecule has 0 atom stereocenters. The average molecular weight is 267 g/mol. The molecule has 0 aliphatic carbocycles. The summed E-state index contributed by atoms with van der Waals surface area (Å²) in [6.45, 7) is 4.82. The van der Waals surface area contributed by atoms with Gasteiger partial charge in [-0.25, -0.2) is 0 Å². The van der Waals surface area contributed by atoms with E-state index in [4.69, 9.17) is 0 Å². The predicted octanol–water partition coefficient (Wildman–Crippen LogP) is 0.912. The summed E-state index contributed by atoms with van der Waals surface area (Å²) < 4.78 is 6.36. The monoisotopic (exact) mass is 267 g/mol. The zero-order chi connectivity index (χ0) is 14.4. The van der Waals surface area contributed by atoms with E-state index in [-0.39, 0.29) is 18.3 Å². The average Bonchev–Trinajstić information content (AvgIpc) is 2.70. The van der Waals surface area contributed by atoms with Gasteiger partial charge < -0.3 is 9.64 Å². The number of aromatic nitrogens is 2. The lowest BCUT2D eigenvalue weighted by Gasteiger charge is -2.16. The zero-order valence-corrected chi connectivity index (χ0v) is 12.0. The van der Waals surface area contributed by atoms with E-state index >= 15 is 0 Å². The molecule has 0 radical (unpaired) electrons. The summed E-state index contributed by atoms with van der Waals surface area (Å²) in [5, 5.41) is 4.30. The van der Waals surface area contributed by atoms with Crippen LogP contribution in [-0.2, 0) is 20.9 Å². The Morgan fingerprint density at radius 1 is 1.37 bits per heavy atom. The fraction of sp³-hybridized carbons (Fsp3) is 0.615. The SMILES string of the molecule is COC(=O)CCN(C)C(=O)CCn1nc(C)cc1C. The number of amides is 1. The largest absolute Gasteiger partial charge is 0.469 e. The minimum atomic E-state index is -0.307. The van der Waals surface area contributed by atoms with Gasteiger partial charge in [-0.05, 0) is 19.9 Å². The predicted molar refractivity (Wildman–Crippen MR) is 70.6 cm³/mol. The number of esters is 1. The number of nitrogens with zero attached hydrogens (tertiary/aromatic N) is 3. The van der Waals surface area contributed by atoms with Crippen LogP contribution in [0.1, 0.15) is 24.2 Å². The van der Waals surface area contributed by atoms with E-state index in [1.54, 1.807) is 11.9 Å². The lowest BCUT2D eigenvalue weighted by atomic mass is 10.3. The van der Waals surface area contributed by atoms with Gasteiger partial charge in [-0.2, -0.15) is 5.10 Å². The molecular formula is C13H21N3O3. The molecule has 19 heavy (non-hydrogen) atoms. The first-order chi connectivity index (χ1) is 8.93. The fourth-order valence-electron chi connectivity index (χ4n) is 1.78. The Kier molecular flexibility index (Phi) is 5.54. The maximum absolute atomic E-state index is 11.9. The van der Waals surface area contributed by atoms with Gasteiger partial charge in [-0.15, -0.1) is 0 Å². The molecule has 1 aromatic rings. The van der Waals surface area contributed by atoms with Crippen LogP contribution in [0.3, 0.4) is 0 Å². The van der Waals surface area contributed by atoms with Crippen LogP contribution in [0.25, 0.3) is 0 Å². The van der Waals surface area contributed by atoms with Gasteiger partial charge in [0.15, 0.2) is 0 Å². The molecule has 0 spiro atoms. The molecule has 0 aromatic carbocycles. The van der Waals surface area contributed by atoms with Gasteiger partial charge in [0.2, 0.25) is 5.91 Å². The van der Waals surface area contributed by atoms with Crippen LogP contribution in [0.15, 0.2) is 6.07 Å². The molecular weight excluding hydrogens is 246 g/mol. The molecule has 1 amide bonds. The zero-order valence-electron chi connectivity index (χ0n) is 12.0. The Balaban J connectivity index is 2.38. The number of hydrogen-bond acceptors (Lipinski definition) is 4. The number of ether oxygens (including phenoxy) is 1. The van der Waals surface area contributed by atoms with Crippen LogP contribution < -0.4 is 0 Å². The van der Waals surface area contributed by atoms with Crippen LogP contribution in [0.2, 0.25) is 0 Å². The Morgan fingerprint density at radius 2 is 2.05 bits per heavy atom. The van der Waals surface area contributed by atoms with Crippen molar-refractivity contribution >= 4 is 11.9 Å². The minimum Gasteiger partial charge on any atom is -0.469 e. The molecule has 1 rings (SSSR count). The van der Waals surface area contributed by atoms with Gasteiger partial charge in [0, 0.05) is 32.3 Å². The van der Waals surface area contributed by atoms with E-state index in [2.05, 4.69) is 9.84 Å². The molecule has 1 aromatic heterocycles. The van der Waals surface area contributed by atoms with Crippen molar-refractivity contribution in [1.29, 1.82) is 0 Å². The second-order valence-electron chi connectivity index (χ2n) is 4.54.